The highest BCUT2D eigenvalue weighted by Crippen LogP contribution is 2.35. The first kappa shape index (κ1) is 9.77. The molecule has 1 heterocycles. The van der Waals surface area contributed by atoms with Crippen LogP contribution in [0.5, 0.6) is 5.75 Å². The van der Waals surface area contributed by atoms with Crippen LogP contribution in [-0.4, -0.2) is 15.3 Å². The van der Waals surface area contributed by atoms with Gasteiger partial charge in [0.05, 0.1) is 0 Å². The molecule has 0 saturated heterocycles. The fourth-order valence-corrected chi connectivity index (χ4v) is 1.75. The smallest absolute Gasteiger partial charge is 0.119 e. The number of nitrogens with zero attached hydrogens (tertiary/aromatic N) is 1. The van der Waals surface area contributed by atoms with E-state index >= 15 is 0 Å². The Bertz CT molecular complexity index is 446. The molecule has 0 bridgehead atoms. The third-order valence-electron chi connectivity index (χ3n) is 2.75. The van der Waals surface area contributed by atoms with E-state index in [0.717, 1.165) is 11.3 Å². The summed E-state index contributed by atoms with van der Waals surface area (Å²) in [7, 11) is 0. The molecule has 0 saturated carbocycles. The normalized spacial score (nSPS) is 11.6. The van der Waals surface area contributed by atoms with E-state index in [2.05, 4.69) is 24.0 Å². The summed E-state index contributed by atoms with van der Waals surface area (Å²) in [6.07, 6.45) is 1.72. The van der Waals surface area contributed by atoms with Crippen molar-refractivity contribution in [2.45, 2.75) is 19.3 Å². The summed E-state index contributed by atoms with van der Waals surface area (Å²) in [6, 6.07) is 9.30. The van der Waals surface area contributed by atoms with Gasteiger partial charge in [-0.05, 0) is 12.1 Å². The van der Waals surface area contributed by atoms with Crippen molar-refractivity contribution in [3.63, 3.8) is 0 Å². The predicted octanol–water partition coefficient (Wildman–Crippen LogP) is 2.44. The Morgan fingerprint density at radius 3 is 2.53 bits per heavy atom. The molecule has 15 heavy (non-hydrogen) atoms. The van der Waals surface area contributed by atoms with Crippen LogP contribution >= 0.6 is 0 Å². The van der Waals surface area contributed by atoms with Gasteiger partial charge in [-0.2, -0.15) is 5.10 Å². The number of benzene rings is 1. The minimum Gasteiger partial charge on any atom is -0.508 e. The quantitative estimate of drug-likeness (QED) is 0.785. The molecule has 2 rings (SSSR count). The van der Waals surface area contributed by atoms with Gasteiger partial charge in [-0.25, -0.2) is 0 Å². The second-order valence-corrected chi connectivity index (χ2v) is 4.11. The van der Waals surface area contributed by atoms with Crippen molar-refractivity contribution in [3.8, 4) is 5.75 Å². The lowest BCUT2D eigenvalue weighted by atomic mass is 9.81. The number of aromatic nitrogens is 2. The molecule has 0 fully saturated rings. The zero-order valence-electron chi connectivity index (χ0n) is 8.86. The molecule has 0 unspecified atom stereocenters. The molecule has 0 atom stereocenters. The summed E-state index contributed by atoms with van der Waals surface area (Å²) < 4.78 is 0. The Kier molecular flexibility index (Phi) is 2.23. The first-order chi connectivity index (χ1) is 7.12. The second kappa shape index (κ2) is 3.42. The van der Waals surface area contributed by atoms with Crippen LogP contribution in [0, 0.1) is 0 Å². The van der Waals surface area contributed by atoms with Crippen molar-refractivity contribution in [3.05, 3.63) is 47.8 Å². The van der Waals surface area contributed by atoms with E-state index in [1.54, 1.807) is 12.3 Å². The van der Waals surface area contributed by atoms with Gasteiger partial charge in [-0.1, -0.05) is 32.0 Å². The Morgan fingerprint density at radius 2 is 1.93 bits per heavy atom. The highest BCUT2D eigenvalue weighted by molar-refractivity contribution is 5.42. The van der Waals surface area contributed by atoms with Gasteiger partial charge in [0.1, 0.15) is 5.75 Å². The number of phenols is 1. The summed E-state index contributed by atoms with van der Waals surface area (Å²) in [6.45, 7) is 4.10. The van der Waals surface area contributed by atoms with Crippen molar-refractivity contribution in [2.75, 3.05) is 0 Å². The second-order valence-electron chi connectivity index (χ2n) is 4.11. The van der Waals surface area contributed by atoms with Crippen molar-refractivity contribution < 1.29 is 5.11 Å². The highest BCUT2D eigenvalue weighted by atomic mass is 16.3. The van der Waals surface area contributed by atoms with E-state index < -0.39 is 0 Å². The Morgan fingerprint density at radius 1 is 1.20 bits per heavy atom. The maximum atomic E-state index is 9.81. The molecule has 0 aliphatic rings. The van der Waals surface area contributed by atoms with Crippen molar-refractivity contribution >= 4 is 0 Å². The standard InChI is InChI=1S/C12H14N2O/c1-12(2,11-7-8-13-14-11)9-5-3-4-6-10(9)15/h3-8,15H,1-2H3,(H,13,14). The topological polar surface area (TPSA) is 48.9 Å². The van der Waals surface area contributed by atoms with E-state index in [1.165, 1.54) is 0 Å². The summed E-state index contributed by atoms with van der Waals surface area (Å²) >= 11 is 0. The lowest BCUT2D eigenvalue weighted by Gasteiger charge is -2.24. The van der Waals surface area contributed by atoms with Crippen LogP contribution < -0.4 is 0 Å². The van der Waals surface area contributed by atoms with Gasteiger partial charge >= 0.3 is 0 Å². The zero-order valence-corrected chi connectivity index (χ0v) is 8.86. The highest BCUT2D eigenvalue weighted by Gasteiger charge is 2.26. The van der Waals surface area contributed by atoms with Crippen molar-refractivity contribution in [1.82, 2.24) is 10.2 Å². The molecular formula is C12H14N2O. The molecule has 78 valence electrons. The molecule has 2 aromatic rings. The molecule has 1 aromatic carbocycles. The number of aromatic amines is 1. The Hall–Kier alpha value is -1.77. The van der Waals surface area contributed by atoms with Gasteiger partial charge in [0.2, 0.25) is 0 Å². The number of rotatable bonds is 2. The van der Waals surface area contributed by atoms with E-state index in [1.807, 2.05) is 24.3 Å². The van der Waals surface area contributed by atoms with E-state index in [0.29, 0.717) is 5.75 Å². The zero-order chi connectivity index (χ0) is 10.9. The Balaban J connectivity index is 2.51. The molecule has 0 spiro atoms. The number of hydrogen-bond acceptors (Lipinski definition) is 2. The monoisotopic (exact) mass is 202 g/mol. The SMILES string of the molecule is CC(C)(c1ccn[nH]1)c1ccccc1O. The maximum Gasteiger partial charge on any atom is 0.119 e. The minimum absolute atomic E-state index is 0.262. The third kappa shape index (κ3) is 1.61. The fraction of sp³-hybridized carbons (Fsp3) is 0.250. The lowest BCUT2D eigenvalue weighted by molar-refractivity contribution is 0.451. The average molecular weight is 202 g/mol. The Labute approximate surface area is 88.8 Å². The van der Waals surface area contributed by atoms with Gasteiger partial charge in [0.25, 0.3) is 0 Å². The van der Waals surface area contributed by atoms with Gasteiger partial charge in [-0.15, -0.1) is 0 Å². The minimum atomic E-state index is -0.262. The van der Waals surface area contributed by atoms with E-state index in [4.69, 9.17) is 0 Å². The maximum absolute atomic E-state index is 9.81. The summed E-state index contributed by atoms with van der Waals surface area (Å²) in [5.74, 6) is 0.317. The first-order valence-corrected chi connectivity index (χ1v) is 4.90. The van der Waals surface area contributed by atoms with Crippen molar-refractivity contribution in [2.24, 2.45) is 0 Å². The number of H-pyrrole nitrogens is 1. The molecule has 0 aliphatic carbocycles. The average Bonchev–Trinajstić information content (AvgIpc) is 2.71. The van der Waals surface area contributed by atoms with Crippen LogP contribution in [0.4, 0.5) is 0 Å². The van der Waals surface area contributed by atoms with Gasteiger partial charge < -0.3 is 5.11 Å². The molecular weight excluding hydrogens is 188 g/mol. The van der Waals surface area contributed by atoms with Crippen LogP contribution in [0.2, 0.25) is 0 Å². The first-order valence-electron chi connectivity index (χ1n) is 4.90. The number of aromatic hydroxyl groups is 1. The fourth-order valence-electron chi connectivity index (χ4n) is 1.75. The molecule has 2 N–H and O–H groups in total. The summed E-state index contributed by atoms with van der Waals surface area (Å²) in [5.41, 5.74) is 1.63. The van der Waals surface area contributed by atoms with Gasteiger partial charge in [0, 0.05) is 22.9 Å². The third-order valence-corrected chi connectivity index (χ3v) is 2.75. The molecule has 1 aromatic heterocycles. The molecule has 3 nitrogen and oxygen atoms in total. The van der Waals surface area contributed by atoms with Gasteiger partial charge in [0.15, 0.2) is 0 Å². The summed E-state index contributed by atoms with van der Waals surface area (Å²) in [5, 5.41) is 16.7. The van der Waals surface area contributed by atoms with Gasteiger partial charge in [-0.3, -0.25) is 5.10 Å². The van der Waals surface area contributed by atoms with Crippen LogP contribution in [0.15, 0.2) is 36.5 Å². The van der Waals surface area contributed by atoms with Crippen LogP contribution in [0.25, 0.3) is 0 Å². The number of hydrogen-bond donors (Lipinski definition) is 2. The summed E-state index contributed by atoms with van der Waals surface area (Å²) in [4.78, 5) is 0. The molecule has 0 amide bonds. The van der Waals surface area contributed by atoms with Crippen LogP contribution in [0.3, 0.4) is 0 Å². The predicted molar refractivity (Wildman–Crippen MR) is 58.8 cm³/mol. The van der Waals surface area contributed by atoms with Crippen LogP contribution in [0.1, 0.15) is 25.1 Å². The lowest BCUT2D eigenvalue weighted by Crippen LogP contribution is -2.19. The molecule has 3 heteroatoms. The van der Waals surface area contributed by atoms with E-state index in [-0.39, 0.29) is 5.41 Å². The number of para-hydroxylation sites is 1. The van der Waals surface area contributed by atoms with E-state index in [9.17, 15) is 5.11 Å². The van der Waals surface area contributed by atoms with Crippen LogP contribution in [-0.2, 0) is 5.41 Å². The molecule has 0 radical (unpaired) electrons. The molecule has 0 aliphatic heterocycles. The van der Waals surface area contributed by atoms with Crippen molar-refractivity contribution in [1.29, 1.82) is 0 Å². The number of nitrogens with one attached hydrogen (secondary N) is 1. The number of phenolic OH excluding ortho intramolecular Hbond substituents is 1. The largest absolute Gasteiger partial charge is 0.508 e.